The lowest BCUT2D eigenvalue weighted by atomic mass is 10.2. The van der Waals surface area contributed by atoms with Crippen LogP contribution in [0.5, 0.6) is 5.75 Å². The van der Waals surface area contributed by atoms with Crippen LogP contribution in [0.25, 0.3) is 28.6 Å². The van der Waals surface area contributed by atoms with Crippen LogP contribution in [0, 0.1) is 0 Å². The Morgan fingerprint density at radius 1 is 1.09 bits per heavy atom. The Morgan fingerprint density at radius 2 is 1.85 bits per heavy atom. The Balaban J connectivity index is 1.65. The molecule has 0 aliphatic heterocycles. The van der Waals surface area contributed by atoms with Gasteiger partial charge in [0.1, 0.15) is 18.1 Å². The molecule has 0 amide bonds. The highest BCUT2D eigenvalue weighted by Gasteiger charge is 2.32. The maximum Gasteiger partial charge on any atom is 0.417 e. The standard InChI is InChI=1S/C20H12Cl3F3N4O3/c1-2-10(31)8-32-16-5-12(21)11(4-13(16)22)17-28-19(33-29-17)15-7-30-6-9(20(24,25)26)3-14(23)18(30)27-15/h3-7H,2,8H2,1H3. The topological polar surface area (TPSA) is 82.5 Å². The van der Waals surface area contributed by atoms with Crippen molar-refractivity contribution in [2.45, 2.75) is 19.5 Å². The first kappa shape index (κ1) is 23.3. The molecule has 0 spiro atoms. The van der Waals surface area contributed by atoms with E-state index in [1.807, 2.05) is 0 Å². The summed E-state index contributed by atoms with van der Waals surface area (Å²) in [4.78, 5) is 19.8. The zero-order valence-corrected chi connectivity index (χ0v) is 18.9. The summed E-state index contributed by atoms with van der Waals surface area (Å²) in [7, 11) is 0. The van der Waals surface area contributed by atoms with Gasteiger partial charge in [-0.15, -0.1) is 0 Å². The van der Waals surface area contributed by atoms with Crippen LogP contribution in [-0.4, -0.2) is 31.9 Å². The second-order valence-electron chi connectivity index (χ2n) is 6.80. The number of halogens is 6. The Hall–Kier alpha value is -2.82. The average Bonchev–Trinajstić information content (AvgIpc) is 3.40. The smallest absolute Gasteiger partial charge is 0.417 e. The third kappa shape index (κ3) is 4.78. The Bertz CT molecular complexity index is 1370. The summed E-state index contributed by atoms with van der Waals surface area (Å²) in [5.74, 6) is 0.0991. The number of rotatable bonds is 6. The summed E-state index contributed by atoms with van der Waals surface area (Å²) in [5.41, 5.74) is -0.426. The third-order valence-corrected chi connectivity index (χ3v) is 5.41. The second kappa shape index (κ2) is 8.85. The van der Waals surface area contributed by atoms with Gasteiger partial charge in [0.2, 0.25) is 5.82 Å². The number of alkyl halides is 3. The number of imidazole rings is 1. The number of benzene rings is 1. The van der Waals surface area contributed by atoms with Gasteiger partial charge in [-0.05, 0) is 12.1 Å². The Kier molecular flexibility index (Phi) is 6.26. The molecular weight excluding hydrogens is 508 g/mol. The maximum absolute atomic E-state index is 13.0. The summed E-state index contributed by atoms with van der Waals surface area (Å²) in [6.45, 7) is 1.56. The van der Waals surface area contributed by atoms with Gasteiger partial charge in [-0.2, -0.15) is 18.2 Å². The lowest BCUT2D eigenvalue weighted by Gasteiger charge is -2.09. The van der Waals surface area contributed by atoms with Gasteiger partial charge in [0.05, 0.1) is 20.6 Å². The van der Waals surface area contributed by atoms with Gasteiger partial charge in [-0.25, -0.2) is 4.98 Å². The van der Waals surface area contributed by atoms with E-state index in [9.17, 15) is 18.0 Å². The van der Waals surface area contributed by atoms with Crippen LogP contribution in [0.3, 0.4) is 0 Å². The minimum Gasteiger partial charge on any atom is -0.484 e. The van der Waals surface area contributed by atoms with E-state index in [0.29, 0.717) is 12.0 Å². The van der Waals surface area contributed by atoms with E-state index >= 15 is 0 Å². The van der Waals surface area contributed by atoms with Crippen LogP contribution in [0.1, 0.15) is 18.9 Å². The van der Waals surface area contributed by atoms with Crippen molar-refractivity contribution in [3.05, 3.63) is 51.2 Å². The summed E-state index contributed by atoms with van der Waals surface area (Å²) < 4.78 is 50.8. The molecule has 1 aromatic carbocycles. The van der Waals surface area contributed by atoms with Gasteiger partial charge < -0.3 is 13.7 Å². The molecule has 0 fully saturated rings. The van der Waals surface area contributed by atoms with Crippen molar-refractivity contribution < 1.29 is 27.2 Å². The summed E-state index contributed by atoms with van der Waals surface area (Å²) >= 11 is 18.5. The molecular formula is C20H12Cl3F3N4O3. The third-order valence-electron chi connectivity index (χ3n) is 4.52. The summed E-state index contributed by atoms with van der Waals surface area (Å²) in [5, 5.41) is 4.00. The van der Waals surface area contributed by atoms with Crippen molar-refractivity contribution in [1.29, 1.82) is 0 Å². The molecule has 0 saturated heterocycles. The van der Waals surface area contributed by atoms with E-state index < -0.39 is 11.7 Å². The van der Waals surface area contributed by atoms with Crippen LogP contribution in [-0.2, 0) is 11.0 Å². The largest absolute Gasteiger partial charge is 0.484 e. The number of carbonyl (C=O) groups is 1. The van der Waals surface area contributed by atoms with Crippen LogP contribution < -0.4 is 4.74 Å². The van der Waals surface area contributed by atoms with Crippen molar-refractivity contribution in [1.82, 2.24) is 19.5 Å². The van der Waals surface area contributed by atoms with Gasteiger partial charge in [0, 0.05) is 30.4 Å². The van der Waals surface area contributed by atoms with Crippen molar-refractivity contribution in [3.63, 3.8) is 0 Å². The number of nitrogens with zero attached hydrogens (tertiary/aromatic N) is 4. The van der Waals surface area contributed by atoms with Gasteiger partial charge >= 0.3 is 6.18 Å². The number of hydrogen-bond donors (Lipinski definition) is 0. The number of ether oxygens (including phenoxy) is 1. The van der Waals surface area contributed by atoms with Crippen molar-refractivity contribution in [2.75, 3.05) is 6.61 Å². The van der Waals surface area contributed by atoms with E-state index in [-0.39, 0.29) is 56.3 Å². The first-order valence-electron chi connectivity index (χ1n) is 9.30. The average molecular weight is 520 g/mol. The molecule has 172 valence electrons. The monoisotopic (exact) mass is 518 g/mol. The van der Waals surface area contributed by atoms with E-state index in [1.165, 1.54) is 18.3 Å². The molecule has 0 unspecified atom stereocenters. The quantitative estimate of drug-likeness (QED) is 0.294. The number of hydrogen-bond acceptors (Lipinski definition) is 6. The first-order valence-corrected chi connectivity index (χ1v) is 10.4. The maximum atomic E-state index is 13.0. The molecule has 7 nitrogen and oxygen atoms in total. The normalized spacial score (nSPS) is 11.8. The number of Topliss-reactive ketones (excluding diaryl/α,β-unsaturated/α-hetero) is 1. The fourth-order valence-electron chi connectivity index (χ4n) is 2.82. The predicted octanol–water partition coefficient (Wildman–Crippen LogP) is 6.39. The molecule has 13 heteroatoms. The van der Waals surface area contributed by atoms with Crippen molar-refractivity contribution in [3.8, 4) is 28.7 Å². The summed E-state index contributed by atoms with van der Waals surface area (Å²) in [6.07, 6.45) is -2.12. The molecule has 0 saturated carbocycles. The SMILES string of the molecule is CCC(=O)COc1cc(Cl)c(-c2noc(-c3cn4cc(C(F)(F)F)cc(Cl)c4n3)n2)cc1Cl. The van der Waals surface area contributed by atoms with Gasteiger partial charge in [0.15, 0.2) is 11.4 Å². The Labute approximate surface area is 199 Å². The van der Waals surface area contributed by atoms with Gasteiger partial charge in [-0.1, -0.05) is 46.9 Å². The van der Waals surface area contributed by atoms with Crippen molar-refractivity contribution >= 4 is 46.2 Å². The van der Waals surface area contributed by atoms with Crippen LogP contribution >= 0.6 is 34.8 Å². The lowest BCUT2D eigenvalue weighted by Crippen LogP contribution is -2.09. The van der Waals surface area contributed by atoms with E-state index in [1.54, 1.807) is 6.92 Å². The van der Waals surface area contributed by atoms with Gasteiger partial charge in [-0.3, -0.25) is 4.79 Å². The second-order valence-corrected chi connectivity index (χ2v) is 8.02. The number of pyridine rings is 1. The van der Waals surface area contributed by atoms with E-state index in [4.69, 9.17) is 44.1 Å². The molecule has 0 radical (unpaired) electrons. The van der Waals surface area contributed by atoms with E-state index in [0.717, 1.165) is 16.7 Å². The molecule has 0 atom stereocenters. The van der Waals surface area contributed by atoms with E-state index in [2.05, 4.69) is 15.1 Å². The molecule has 4 rings (SSSR count). The molecule has 3 heterocycles. The molecule has 4 aromatic rings. The molecule has 0 bridgehead atoms. The zero-order chi connectivity index (χ0) is 23.9. The molecule has 0 N–H and O–H groups in total. The molecule has 33 heavy (non-hydrogen) atoms. The van der Waals surface area contributed by atoms with Crippen LogP contribution in [0.2, 0.25) is 15.1 Å². The predicted molar refractivity (Wildman–Crippen MR) is 115 cm³/mol. The minimum absolute atomic E-state index is 0.0622. The number of fused-ring (bicyclic) bond motifs is 1. The number of carbonyl (C=O) groups excluding carboxylic acids is 1. The lowest BCUT2D eigenvalue weighted by molar-refractivity contribution is -0.137. The van der Waals surface area contributed by atoms with Crippen LogP contribution in [0.4, 0.5) is 13.2 Å². The molecule has 0 aliphatic rings. The highest BCUT2D eigenvalue weighted by molar-refractivity contribution is 6.36. The number of aromatic nitrogens is 4. The minimum atomic E-state index is -4.57. The fraction of sp³-hybridized carbons (Fsp3) is 0.200. The fourth-order valence-corrected chi connectivity index (χ4v) is 3.54. The molecule has 0 aliphatic carbocycles. The first-order chi connectivity index (χ1) is 15.6. The Morgan fingerprint density at radius 3 is 2.55 bits per heavy atom. The zero-order valence-electron chi connectivity index (χ0n) is 16.6. The molecule has 3 aromatic heterocycles. The number of ketones is 1. The highest BCUT2D eigenvalue weighted by Crippen LogP contribution is 2.37. The van der Waals surface area contributed by atoms with Crippen molar-refractivity contribution in [2.24, 2.45) is 0 Å². The van der Waals surface area contributed by atoms with Gasteiger partial charge in [0.25, 0.3) is 5.89 Å². The summed E-state index contributed by atoms with van der Waals surface area (Å²) in [6, 6.07) is 3.65. The highest BCUT2D eigenvalue weighted by atomic mass is 35.5. The van der Waals surface area contributed by atoms with Crippen LogP contribution in [0.15, 0.2) is 35.1 Å².